The Kier molecular flexibility index (Phi) is 16.1. The second-order valence-electron chi connectivity index (χ2n) is 15.0. The quantitative estimate of drug-likeness (QED) is 0.0551. The fraction of sp³-hybridized carbons (Fsp3) is 0.477. The summed E-state index contributed by atoms with van der Waals surface area (Å²) < 4.78 is 30.5. The summed E-state index contributed by atoms with van der Waals surface area (Å²) in [4.78, 5) is 28.4. The van der Waals surface area contributed by atoms with Crippen molar-refractivity contribution in [2.24, 2.45) is 5.92 Å². The number of ether oxygens (including phenoxy) is 4. The Morgan fingerprint density at radius 3 is 2.28 bits per heavy atom. The zero-order valence-electron chi connectivity index (χ0n) is 32.8. The fourth-order valence-electron chi connectivity index (χ4n) is 5.98. The number of hydrogen-bond acceptors (Lipinski definition) is 8. The van der Waals surface area contributed by atoms with Crippen LogP contribution >= 0.6 is 0 Å². The Morgan fingerprint density at radius 1 is 0.868 bits per heavy atom. The van der Waals surface area contributed by atoms with Crippen molar-refractivity contribution in [2.75, 3.05) is 19.8 Å². The van der Waals surface area contributed by atoms with E-state index in [1.165, 1.54) is 0 Å². The molecule has 0 radical (unpaired) electrons. The average molecular weight is 742 g/mol. The van der Waals surface area contributed by atoms with Gasteiger partial charge in [0, 0.05) is 47.8 Å². The number of hydrogen-bond donors (Lipinski definition) is 0. The van der Waals surface area contributed by atoms with E-state index in [9.17, 15) is 9.59 Å². The Hall–Kier alpha value is -4.05. The van der Waals surface area contributed by atoms with Gasteiger partial charge in [0.05, 0.1) is 25.9 Å². The first kappa shape index (κ1) is 41.7. The number of carbonyl (C=O) groups excluding carboxylic acids is 2. The maximum Gasteiger partial charge on any atom is 0.306 e. The number of para-hydroxylation sites is 1. The molecule has 1 saturated heterocycles. The lowest BCUT2D eigenvalue weighted by atomic mass is 9.91. The van der Waals surface area contributed by atoms with Crippen molar-refractivity contribution in [3.05, 3.63) is 114 Å². The minimum Gasteiger partial charge on any atom is -0.543 e. The number of nitrogens with zero attached hydrogens (tertiary/aromatic N) is 1. The van der Waals surface area contributed by atoms with Gasteiger partial charge in [0.2, 0.25) is 8.32 Å². The van der Waals surface area contributed by atoms with Crippen LogP contribution in [0.25, 0.3) is 5.57 Å². The summed E-state index contributed by atoms with van der Waals surface area (Å²) in [7, 11) is -2.16. The van der Waals surface area contributed by atoms with Crippen LogP contribution in [0.2, 0.25) is 18.1 Å². The molecule has 3 aromatic rings. The molecule has 3 atom stereocenters. The van der Waals surface area contributed by atoms with E-state index in [1.54, 1.807) is 0 Å². The summed E-state index contributed by atoms with van der Waals surface area (Å²) in [5.41, 5.74) is 4.97. The van der Waals surface area contributed by atoms with Gasteiger partial charge in [-0.1, -0.05) is 87.5 Å². The summed E-state index contributed by atoms with van der Waals surface area (Å²) in [5.74, 6) is 0.530. The summed E-state index contributed by atoms with van der Waals surface area (Å²) in [6, 6.07) is 20.6. The first-order chi connectivity index (χ1) is 25.4. The Labute approximate surface area is 318 Å². The minimum atomic E-state index is -2.16. The predicted octanol–water partition coefficient (Wildman–Crippen LogP) is 10.7. The molecule has 1 aromatic heterocycles. The average Bonchev–Trinajstić information content (AvgIpc) is 3.13. The summed E-state index contributed by atoms with van der Waals surface area (Å²) >= 11 is 0. The number of benzene rings is 2. The molecule has 4 rings (SSSR count). The van der Waals surface area contributed by atoms with Crippen LogP contribution in [0.15, 0.2) is 91.3 Å². The minimum absolute atomic E-state index is 0.0137. The molecule has 1 aliphatic heterocycles. The standard InChI is InChI=1S/C44H59NO7Si/c1-8-48-40(46)27-17-11-15-23-34-32-50-43(51-42(34)38-25-19-20-26-39(38)52-53(6,7)44(3,4)5)36-29-35(30-45-31-36)37(33-21-13-10-14-22-33)24-16-12-18-28-41(47)49-9-2/h10-11,13-15,19-22,24-26,29-31,34,42-43H,8-9,12,16-18,23,27-28,32H2,1-7H3/b15-11-,37-24-/t34-,42+,43+/m1/s1. The van der Waals surface area contributed by atoms with Gasteiger partial charge < -0.3 is 23.4 Å². The van der Waals surface area contributed by atoms with Crippen molar-refractivity contribution in [3.63, 3.8) is 0 Å². The van der Waals surface area contributed by atoms with E-state index in [2.05, 4.69) is 81.3 Å². The van der Waals surface area contributed by atoms with E-state index >= 15 is 0 Å². The molecule has 0 amide bonds. The largest absolute Gasteiger partial charge is 0.543 e. The predicted molar refractivity (Wildman–Crippen MR) is 213 cm³/mol. The molecule has 9 heteroatoms. The van der Waals surface area contributed by atoms with Crippen LogP contribution in [0.5, 0.6) is 5.75 Å². The van der Waals surface area contributed by atoms with Gasteiger partial charge in [-0.2, -0.15) is 0 Å². The second kappa shape index (κ2) is 20.4. The van der Waals surface area contributed by atoms with Crippen LogP contribution in [0.1, 0.15) is 114 Å². The molecule has 1 aliphatic rings. The summed E-state index contributed by atoms with van der Waals surface area (Å²) in [5, 5.41) is 0.0250. The number of aromatic nitrogens is 1. The van der Waals surface area contributed by atoms with Gasteiger partial charge in [-0.25, -0.2) is 0 Å². The zero-order chi connectivity index (χ0) is 38.3. The zero-order valence-corrected chi connectivity index (χ0v) is 33.8. The van der Waals surface area contributed by atoms with Gasteiger partial charge in [0.1, 0.15) is 5.75 Å². The van der Waals surface area contributed by atoms with E-state index in [1.807, 2.05) is 62.6 Å². The van der Waals surface area contributed by atoms with Gasteiger partial charge in [0.25, 0.3) is 0 Å². The van der Waals surface area contributed by atoms with E-state index in [0.717, 1.165) is 52.8 Å². The molecule has 0 unspecified atom stereocenters. The normalized spacial score (nSPS) is 18.2. The maximum absolute atomic E-state index is 11.9. The molecule has 0 N–H and O–H groups in total. The molecule has 8 nitrogen and oxygen atoms in total. The van der Waals surface area contributed by atoms with Crippen LogP contribution in [-0.2, 0) is 28.5 Å². The van der Waals surface area contributed by atoms with Gasteiger partial charge in [0.15, 0.2) is 6.29 Å². The lowest BCUT2D eigenvalue weighted by molar-refractivity contribution is -0.244. The van der Waals surface area contributed by atoms with Gasteiger partial charge in [-0.3, -0.25) is 14.6 Å². The monoisotopic (exact) mass is 741 g/mol. The summed E-state index contributed by atoms with van der Waals surface area (Å²) in [6.07, 6.45) is 13.7. The molecule has 0 aliphatic carbocycles. The van der Waals surface area contributed by atoms with Crippen LogP contribution in [0, 0.1) is 5.92 Å². The van der Waals surface area contributed by atoms with Crippen LogP contribution in [-0.4, -0.2) is 45.1 Å². The molecule has 2 aromatic carbocycles. The van der Waals surface area contributed by atoms with Crippen molar-refractivity contribution < 1.29 is 33.0 Å². The number of unbranched alkanes of at least 4 members (excludes halogenated alkanes) is 2. The third kappa shape index (κ3) is 12.5. The van der Waals surface area contributed by atoms with E-state index in [-0.39, 0.29) is 29.0 Å². The fourth-order valence-corrected chi connectivity index (χ4v) is 7.02. The molecule has 1 fully saturated rings. The number of esters is 2. The van der Waals surface area contributed by atoms with Gasteiger partial charge in [-0.05, 0) is 87.4 Å². The lowest BCUT2D eigenvalue weighted by Crippen LogP contribution is -2.44. The van der Waals surface area contributed by atoms with Gasteiger partial charge >= 0.3 is 11.9 Å². The van der Waals surface area contributed by atoms with Crippen molar-refractivity contribution in [1.82, 2.24) is 4.98 Å². The number of allylic oxidation sites excluding steroid dienone is 3. The third-order valence-electron chi connectivity index (χ3n) is 9.90. The Morgan fingerprint density at radius 2 is 1.57 bits per heavy atom. The SMILES string of the molecule is CCOC(=O)CC/C=C\C[C@@H]1CO[C@H](c2cncc(/C(=C\CCCCC(=O)OCC)c3ccccc3)c2)O[C@@H]1c1ccccc1O[Si](C)(C)C(C)(C)C. The topological polar surface area (TPSA) is 93.2 Å². The molecule has 0 spiro atoms. The molecular weight excluding hydrogens is 683 g/mol. The molecule has 0 saturated carbocycles. The molecule has 0 bridgehead atoms. The van der Waals surface area contributed by atoms with E-state index in [4.69, 9.17) is 23.4 Å². The Balaban J connectivity index is 1.61. The van der Waals surface area contributed by atoms with Gasteiger partial charge in [-0.15, -0.1) is 0 Å². The highest BCUT2D eigenvalue weighted by molar-refractivity contribution is 6.74. The first-order valence-corrected chi connectivity index (χ1v) is 22.1. The highest BCUT2D eigenvalue weighted by Gasteiger charge is 2.41. The highest BCUT2D eigenvalue weighted by atomic mass is 28.4. The lowest BCUT2D eigenvalue weighted by Gasteiger charge is -2.40. The highest BCUT2D eigenvalue weighted by Crippen LogP contribution is 2.45. The molecule has 286 valence electrons. The number of carbonyl (C=O) groups is 2. The van der Waals surface area contributed by atoms with E-state index in [0.29, 0.717) is 45.5 Å². The number of pyridine rings is 1. The van der Waals surface area contributed by atoms with Crippen molar-refractivity contribution in [3.8, 4) is 5.75 Å². The van der Waals surface area contributed by atoms with Crippen molar-refractivity contribution in [2.45, 2.75) is 110 Å². The number of rotatable bonds is 18. The first-order valence-electron chi connectivity index (χ1n) is 19.2. The smallest absolute Gasteiger partial charge is 0.306 e. The van der Waals surface area contributed by atoms with Crippen molar-refractivity contribution in [1.29, 1.82) is 0 Å². The maximum atomic E-state index is 11.9. The molecule has 53 heavy (non-hydrogen) atoms. The van der Waals surface area contributed by atoms with E-state index < -0.39 is 14.6 Å². The van der Waals surface area contributed by atoms with Crippen LogP contribution in [0.4, 0.5) is 0 Å². The molecule has 2 heterocycles. The van der Waals surface area contributed by atoms with Crippen molar-refractivity contribution >= 4 is 25.8 Å². The Bertz CT molecular complexity index is 1660. The second-order valence-corrected chi connectivity index (χ2v) is 19.7. The summed E-state index contributed by atoms with van der Waals surface area (Å²) in [6.45, 7) is 16.2. The molecular formula is C44H59NO7Si. The van der Waals surface area contributed by atoms with Crippen LogP contribution < -0.4 is 4.43 Å². The third-order valence-corrected chi connectivity index (χ3v) is 14.2. The van der Waals surface area contributed by atoms with Crippen LogP contribution in [0.3, 0.4) is 0 Å².